The first-order valence-electron chi connectivity index (χ1n) is 3.65. The van der Waals surface area contributed by atoms with Gasteiger partial charge in [0.25, 0.3) is 11.1 Å². The lowest BCUT2D eigenvalue weighted by Gasteiger charge is -1.87. The van der Waals surface area contributed by atoms with Crippen molar-refractivity contribution in [3.8, 4) is 0 Å². The van der Waals surface area contributed by atoms with Crippen molar-refractivity contribution in [2.45, 2.75) is 0 Å². The van der Waals surface area contributed by atoms with Crippen molar-refractivity contribution in [2.75, 3.05) is 0 Å². The second kappa shape index (κ2) is 3.88. The number of hydrogen-bond acceptors (Lipinski definition) is 4. The van der Waals surface area contributed by atoms with Crippen LogP contribution in [0, 0.1) is 0 Å². The molecule has 14 heavy (non-hydrogen) atoms. The third-order valence-electron chi connectivity index (χ3n) is 1.51. The van der Waals surface area contributed by atoms with Crippen molar-refractivity contribution in [2.24, 2.45) is 0 Å². The van der Waals surface area contributed by atoms with Gasteiger partial charge in [0.15, 0.2) is 0 Å². The molecule has 0 bridgehead atoms. The maximum Gasteiger partial charge on any atom is 0.290 e. The van der Waals surface area contributed by atoms with E-state index >= 15 is 0 Å². The van der Waals surface area contributed by atoms with Gasteiger partial charge in [-0.05, 0) is 45.9 Å². The SMILES string of the molecule is O=C1NC(=O)/C(=C/c2ccc(Br)s2)S1. The minimum absolute atomic E-state index is 0.308. The van der Waals surface area contributed by atoms with Crippen LogP contribution in [0.2, 0.25) is 0 Å². The summed E-state index contributed by atoms with van der Waals surface area (Å²) in [5.41, 5.74) is 0. The van der Waals surface area contributed by atoms with Gasteiger partial charge in [-0.2, -0.15) is 0 Å². The molecular formula is C8H4BrNO2S2. The number of thiophene rings is 1. The zero-order valence-electron chi connectivity index (χ0n) is 6.74. The highest BCUT2D eigenvalue weighted by molar-refractivity contribution is 9.11. The zero-order chi connectivity index (χ0) is 10.1. The van der Waals surface area contributed by atoms with Gasteiger partial charge in [-0.25, -0.2) is 0 Å². The minimum Gasteiger partial charge on any atom is -0.282 e. The monoisotopic (exact) mass is 289 g/mol. The molecule has 0 aliphatic carbocycles. The fourth-order valence-electron chi connectivity index (χ4n) is 0.956. The maximum atomic E-state index is 11.2. The van der Waals surface area contributed by atoms with Crippen LogP contribution in [-0.2, 0) is 4.79 Å². The van der Waals surface area contributed by atoms with Gasteiger partial charge < -0.3 is 0 Å². The Hall–Kier alpha value is -0.590. The summed E-state index contributed by atoms with van der Waals surface area (Å²) >= 11 is 5.77. The zero-order valence-corrected chi connectivity index (χ0v) is 9.96. The average Bonchev–Trinajstić information content (AvgIpc) is 2.61. The third kappa shape index (κ3) is 2.08. The summed E-state index contributed by atoms with van der Waals surface area (Å²) in [5, 5.41) is 1.90. The summed E-state index contributed by atoms with van der Waals surface area (Å²) in [4.78, 5) is 23.4. The van der Waals surface area contributed by atoms with E-state index in [1.807, 2.05) is 12.1 Å². The minimum atomic E-state index is -0.315. The van der Waals surface area contributed by atoms with Gasteiger partial charge in [-0.1, -0.05) is 0 Å². The smallest absolute Gasteiger partial charge is 0.282 e. The molecule has 0 aromatic carbocycles. The predicted molar refractivity (Wildman–Crippen MR) is 61.1 cm³/mol. The van der Waals surface area contributed by atoms with E-state index in [2.05, 4.69) is 21.2 Å². The Labute approximate surface area is 96.7 Å². The molecule has 2 amide bonds. The highest BCUT2D eigenvalue weighted by atomic mass is 79.9. The number of thioether (sulfide) groups is 1. The summed E-state index contributed by atoms with van der Waals surface area (Å²) in [6, 6.07) is 3.79. The Kier molecular flexibility index (Phi) is 2.76. The highest BCUT2D eigenvalue weighted by Crippen LogP contribution is 2.29. The quantitative estimate of drug-likeness (QED) is 0.809. The van der Waals surface area contributed by atoms with Crippen molar-refractivity contribution < 1.29 is 9.59 Å². The van der Waals surface area contributed by atoms with E-state index in [0.717, 1.165) is 20.4 Å². The van der Waals surface area contributed by atoms with Crippen molar-refractivity contribution in [1.29, 1.82) is 0 Å². The van der Waals surface area contributed by atoms with Crippen molar-refractivity contribution in [1.82, 2.24) is 5.32 Å². The van der Waals surface area contributed by atoms with Crippen LogP contribution in [-0.4, -0.2) is 11.1 Å². The standard InChI is InChI=1S/C8H4BrNO2S2/c9-6-2-1-4(13-6)3-5-7(11)10-8(12)14-5/h1-3H,(H,10,11,12)/b5-3-. The van der Waals surface area contributed by atoms with Crippen LogP contribution < -0.4 is 5.32 Å². The molecule has 1 aromatic heterocycles. The fraction of sp³-hybridized carbons (Fsp3) is 0. The molecule has 0 saturated carbocycles. The number of carbonyl (C=O) groups excluding carboxylic acids is 2. The Morgan fingerprint density at radius 2 is 2.14 bits per heavy atom. The molecule has 6 heteroatoms. The molecule has 1 fully saturated rings. The van der Waals surface area contributed by atoms with Gasteiger partial charge >= 0.3 is 0 Å². The van der Waals surface area contributed by atoms with Gasteiger partial charge in [0.2, 0.25) is 0 Å². The Morgan fingerprint density at radius 3 is 2.64 bits per heavy atom. The van der Waals surface area contributed by atoms with Crippen LogP contribution in [0.5, 0.6) is 0 Å². The van der Waals surface area contributed by atoms with Gasteiger partial charge in [0, 0.05) is 4.88 Å². The lowest BCUT2D eigenvalue weighted by Crippen LogP contribution is -2.17. The molecule has 0 spiro atoms. The molecule has 1 aliphatic heterocycles. The van der Waals surface area contributed by atoms with Crippen LogP contribution >= 0.6 is 39.0 Å². The largest absolute Gasteiger partial charge is 0.290 e. The Bertz CT molecular complexity index is 438. The van der Waals surface area contributed by atoms with E-state index < -0.39 is 0 Å². The van der Waals surface area contributed by atoms with Crippen molar-refractivity contribution in [3.05, 3.63) is 25.7 Å². The molecule has 2 heterocycles. The fourth-order valence-corrected chi connectivity index (χ4v) is 3.07. The second-order valence-electron chi connectivity index (χ2n) is 2.49. The lowest BCUT2D eigenvalue weighted by atomic mass is 10.4. The molecule has 3 nitrogen and oxygen atoms in total. The molecule has 0 unspecified atom stereocenters. The van der Waals surface area contributed by atoms with Crippen LogP contribution in [0.15, 0.2) is 20.8 Å². The van der Waals surface area contributed by atoms with Crippen LogP contribution in [0.3, 0.4) is 0 Å². The first-order chi connectivity index (χ1) is 6.65. The van der Waals surface area contributed by atoms with E-state index in [1.165, 1.54) is 11.3 Å². The molecule has 1 aromatic rings. The number of rotatable bonds is 1. The van der Waals surface area contributed by atoms with Crippen molar-refractivity contribution in [3.63, 3.8) is 0 Å². The normalized spacial score (nSPS) is 19.1. The number of nitrogens with one attached hydrogen (secondary N) is 1. The molecule has 1 N–H and O–H groups in total. The summed E-state index contributed by atoms with van der Waals surface area (Å²) in [5.74, 6) is -0.315. The highest BCUT2D eigenvalue weighted by Gasteiger charge is 2.24. The molecule has 72 valence electrons. The number of carbonyl (C=O) groups is 2. The molecule has 2 rings (SSSR count). The summed E-state index contributed by atoms with van der Waals surface area (Å²) in [6.07, 6.45) is 1.71. The van der Waals surface area contributed by atoms with E-state index in [9.17, 15) is 9.59 Å². The predicted octanol–water partition coefficient (Wildman–Crippen LogP) is 2.83. The number of halogens is 1. The average molecular weight is 290 g/mol. The maximum absolute atomic E-state index is 11.2. The number of amides is 2. The summed E-state index contributed by atoms with van der Waals surface area (Å²) < 4.78 is 0.999. The Balaban J connectivity index is 2.27. The molecule has 1 aliphatic rings. The van der Waals surface area contributed by atoms with Crippen molar-refractivity contribution >= 4 is 56.3 Å². The molecule has 1 saturated heterocycles. The van der Waals surface area contributed by atoms with Crippen LogP contribution in [0.25, 0.3) is 6.08 Å². The van der Waals surface area contributed by atoms with E-state index in [1.54, 1.807) is 6.08 Å². The summed E-state index contributed by atoms with van der Waals surface area (Å²) in [6.45, 7) is 0. The van der Waals surface area contributed by atoms with Gasteiger partial charge in [-0.15, -0.1) is 11.3 Å². The number of imide groups is 1. The molecular weight excluding hydrogens is 286 g/mol. The lowest BCUT2D eigenvalue weighted by molar-refractivity contribution is -0.115. The Morgan fingerprint density at radius 1 is 1.36 bits per heavy atom. The first-order valence-corrected chi connectivity index (χ1v) is 6.08. The van der Waals surface area contributed by atoms with E-state index in [4.69, 9.17) is 0 Å². The van der Waals surface area contributed by atoms with Crippen LogP contribution in [0.4, 0.5) is 4.79 Å². The van der Waals surface area contributed by atoms with Gasteiger partial charge in [-0.3, -0.25) is 14.9 Å². The van der Waals surface area contributed by atoms with Gasteiger partial charge in [0.1, 0.15) is 0 Å². The topological polar surface area (TPSA) is 46.2 Å². The van der Waals surface area contributed by atoms with E-state index in [0.29, 0.717) is 4.91 Å². The van der Waals surface area contributed by atoms with Crippen LogP contribution in [0.1, 0.15) is 4.88 Å². The third-order valence-corrected chi connectivity index (χ3v) is 3.89. The molecule has 0 atom stereocenters. The summed E-state index contributed by atoms with van der Waals surface area (Å²) in [7, 11) is 0. The van der Waals surface area contributed by atoms with E-state index in [-0.39, 0.29) is 11.1 Å². The van der Waals surface area contributed by atoms with Gasteiger partial charge in [0.05, 0.1) is 8.69 Å². The second-order valence-corrected chi connectivity index (χ2v) is 6.00. The molecule has 0 radical (unpaired) electrons. The number of hydrogen-bond donors (Lipinski definition) is 1. The first kappa shape index (κ1) is 9.95.